The van der Waals surface area contributed by atoms with Crippen molar-refractivity contribution in [3.05, 3.63) is 20.8 Å². The minimum absolute atomic E-state index is 0.165. The number of anilines is 1. The van der Waals surface area contributed by atoms with Crippen LogP contribution in [0.5, 0.6) is 0 Å². The number of terminal acetylenes is 1. The first-order chi connectivity index (χ1) is 9.49. The predicted molar refractivity (Wildman–Crippen MR) is 77.7 cm³/mol. The highest BCUT2D eigenvalue weighted by Crippen LogP contribution is 2.10. The fourth-order valence-corrected chi connectivity index (χ4v) is 2.05. The Morgan fingerprint density at radius 3 is 2.70 bits per heavy atom. The summed E-state index contributed by atoms with van der Waals surface area (Å²) in [5, 5.41) is 3.05. The van der Waals surface area contributed by atoms with E-state index in [9.17, 15) is 9.59 Å². The van der Waals surface area contributed by atoms with Crippen LogP contribution in [-0.2, 0) is 14.1 Å². The maximum absolute atomic E-state index is 12.0. The van der Waals surface area contributed by atoms with Crippen molar-refractivity contribution in [2.45, 2.75) is 25.8 Å². The molecule has 0 amide bonds. The van der Waals surface area contributed by atoms with Crippen molar-refractivity contribution in [1.29, 1.82) is 0 Å². The summed E-state index contributed by atoms with van der Waals surface area (Å²) in [5.41, 5.74) is -0.226. The summed E-state index contributed by atoms with van der Waals surface area (Å²) < 4.78 is 2.36. The van der Waals surface area contributed by atoms with Crippen LogP contribution in [0.25, 0.3) is 11.2 Å². The van der Waals surface area contributed by atoms with E-state index >= 15 is 0 Å². The van der Waals surface area contributed by atoms with Gasteiger partial charge in [0.2, 0.25) is 5.95 Å². The lowest BCUT2D eigenvalue weighted by molar-refractivity contribution is 0.708. The maximum atomic E-state index is 12.0. The van der Waals surface area contributed by atoms with Gasteiger partial charge in [0.15, 0.2) is 11.2 Å². The fraction of sp³-hybridized carbons (Fsp3) is 0.462. The molecule has 2 N–H and O–H groups in total. The third kappa shape index (κ3) is 2.20. The maximum Gasteiger partial charge on any atom is 0.332 e. The molecule has 2 heterocycles. The van der Waals surface area contributed by atoms with Gasteiger partial charge in [-0.1, -0.05) is 19.3 Å². The Labute approximate surface area is 115 Å². The normalized spacial score (nSPS) is 12.3. The van der Waals surface area contributed by atoms with Crippen molar-refractivity contribution in [3.63, 3.8) is 0 Å². The van der Waals surface area contributed by atoms with Gasteiger partial charge in [0.1, 0.15) is 0 Å². The Kier molecular flexibility index (Phi) is 3.66. The molecule has 20 heavy (non-hydrogen) atoms. The number of aromatic amines is 1. The molecule has 0 fully saturated rings. The van der Waals surface area contributed by atoms with E-state index < -0.39 is 11.2 Å². The van der Waals surface area contributed by atoms with Crippen LogP contribution in [0.3, 0.4) is 0 Å². The highest BCUT2D eigenvalue weighted by atomic mass is 16.2. The van der Waals surface area contributed by atoms with Gasteiger partial charge in [-0.2, -0.15) is 4.98 Å². The monoisotopic (exact) mass is 275 g/mol. The summed E-state index contributed by atoms with van der Waals surface area (Å²) in [7, 11) is 3.00. The molecule has 0 aliphatic heterocycles. The molecule has 0 radical (unpaired) electrons. The molecule has 7 nitrogen and oxygen atoms in total. The third-order valence-electron chi connectivity index (χ3n) is 3.18. The number of aryl methyl sites for hydroxylation is 1. The molecule has 0 aromatic carbocycles. The SMILES string of the molecule is C#CC(CCC)Nc1nc2c([nH]1)c(=O)n(C)c(=O)n2C. The standard InChI is InChI=1S/C13H17N5O2/c1-5-7-8(6-2)14-12-15-9-10(16-12)17(3)13(20)18(4)11(9)19/h2,8H,5,7H2,1,3-4H3,(H2,14,15,16). The molecule has 0 saturated heterocycles. The van der Waals surface area contributed by atoms with Crippen molar-refractivity contribution >= 4 is 17.1 Å². The first kappa shape index (κ1) is 13.9. The second-order valence-electron chi connectivity index (χ2n) is 4.64. The van der Waals surface area contributed by atoms with E-state index in [0.717, 1.165) is 17.4 Å². The molecule has 2 rings (SSSR count). The number of aromatic nitrogens is 4. The van der Waals surface area contributed by atoms with Gasteiger partial charge in [0.05, 0.1) is 6.04 Å². The van der Waals surface area contributed by atoms with E-state index in [1.807, 2.05) is 6.92 Å². The molecule has 2 aromatic rings. The van der Waals surface area contributed by atoms with Crippen LogP contribution in [0, 0.1) is 12.3 Å². The van der Waals surface area contributed by atoms with E-state index in [-0.39, 0.29) is 11.6 Å². The lowest BCUT2D eigenvalue weighted by atomic mass is 10.2. The van der Waals surface area contributed by atoms with Crippen molar-refractivity contribution in [3.8, 4) is 12.3 Å². The van der Waals surface area contributed by atoms with Gasteiger partial charge in [-0.05, 0) is 6.42 Å². The highest BCUT2D eigenvalue weighted by molar-refractivity contribution is 5.72. The van der Waals surface area contributed by atoms with Gasteiger partial charge in [-0.15, -0.1) is 6.42 Å². The largest absolute Gasteiger partial charge is 0.342 e. The van der Waals surface area contributed by atoms with E-state index in [2.05, 4.69) is 21.2 Å². The van der Waals surface area contributed by atoms with Crippen molar-refractivity contribution in [1.82, 2.24) is 19.1 Å². The van der Waals surface area contributed by atoms with Crippen LogP contribution in [0.1, 0.15) is 19.8 Å². The summed E-state index contributed by atoms with van der Waals surface area (Å²) in [5.74, 6) is 3.02. The van der Waals surface area contributed by atoms with Gasteiger partial charge in [0, 0.05) is 14.1 Å². The molecule has 0 aliphatic rings. The zero-order chi connectivity index (χ0) is 14.9. The van der Waals surface area contributed by atoms with Gasteiger partial charge in [0.25, 0.3) is 5.56 Å². The van der Waals surface area contributed by atoms with Crippen molar-refractivity contribution in [2.24, 2.45) is 14.1 Å². The lowest BCUT2D eigenvalue weighted by Crippen LogP contribution is -2.36. The van der Waals surface area contributed by atoms with Crippen LogP contribution in [-0.4, -0.2) is 25.1 Å². The summed E-state index contributed by atoms with van der Waals surface area (Å²) in [4.78, 5) is 30.9. The van der Waals surface area contributed by atoms with E-state index in [0.29, 0.717) is 11.6 Å². The topological polar surface area (TPSA) is 84.7 Å². The number of nitrogens with one attached hydrogen (secondary N) is 2. The lowest BCUT2D eigenvalue weighted by Gasteiger charge is -2.09. The van der Waals surface area contributed by atoms with Crippen LogP contribution < -0.4 is 16.6 Å². The molecular formula is C13H17N5O2. The van der Waals surface area contributed by atoms with Crippen LogP contribution in [0.2, 0.25) is 0 Å². The minimum Gasteiger partial charge on any atom is -0.342 e. The number of hydrogen-bond acceptors (Lipinski definition) is 4. The molecule has 0 spiro atoms. The quantitative estimate of drug-likeness (QED) is 0.779. The van der Waals surface area contributed by atoms with Gasteiger partial charge in [-0.3, -0.25) is 13.9 Å². The van der Waals surface area contributed by atoms with Crippen LogP contribution in [0.15, 0.2) is 9.59 Å². The van der Waals surface area contributed by atoms with Gasteiger partial charge in [-0.25, -0.2) is 4.79 Å². The average Bonchev–Trinajstić information content (AvgIpc) is 2.86. The molecule has 0 aliphatic carbocycles. The Balaban J connectivity index is 2.53. The summed E-state index contributed by atoms with van der Waals surface area (Å²) in [6.45, 7) is 2.03. The highest BCUT2D eigenvalue weighted by Gasteiger charge is 2.14. The summed E-state index contributed by atoms with van der Waals surface area (Å²) >= 11 is 0. The average molecular weight is 275 g/mol. The Hall–Kier alpha value is -2.49. The summed E-state index contributed by atoms with van der Waals surface area (Å²) in [6, 6.07) is -0.165. The summed E-state index contributed by atoms with van der Waals surface area (Å²) in [6.07, 6.45) is 7.16. The minimum atomic E-state index is -0.414. The van der Waals surface area contributed by atoms with E-state index in [4.69, 9.17) is 6.42 Å². The number of hydrogen-bond donors (Lipinski definition) is 2. The Bertz CT molecular complexity index is 790. The van der Waals surface area contributed by atoms with E-state index in [1.54, 1.807) is 7.05 Å². The molecule has 0 saturated carbocycles. The molecule has 106 valence electrons. The Morgan fingerprint density at radius 1 is 1.40 bits per heavy atom. The zero-order valence-corrected chi connectivity index (χ0v) is 11.7. The van der Waals surface area contributed by atoms with Crippen LogP contribution in [0.4, 0.5) is 5.95 Å². The molecule has 1 atom stereocenters. The van der Waals surface area contributed by atoms with Crippen molar-refractivity contribution in [2.75, 3.05) is 5.32 Å². The molecule has 1 unspecified atom stereocenters. The zero-order valence-electron chi connectivity index (χ0n) is 11.7. The predicted octanol–water partition coefficient (Wildman–Crippen LogP) is 0.174. The second-order valence-corrected chi connectivity index (χ2v) is 4.64. The number of nitrogens with zero attached hydrogens (tertiary/aromatic N) is 3. The first-order valence-corrected chi connectivity index (χ1v) is 6.38. The number of rotatable bonds is 4. The van der Waals surface area contributed by atoms with Gasteiger partial charge >= 0.3 is 5.69 Å². The number of H-pyrrole nitrogens is 1. The molecular weight excluding hydrogens is 258 g/mol. The molecule has 2 aromatic heterocycles. The fourth-order valence-electron chi connectivity index (χ4n) is 2.05. The Morgan fingerprint density at radius 2 is 2.10 bits per heavy atom. The first-order valence-electron chi connectivity index (χ1n) is 6.38. The van der Waals surface area contributed by atoms with Crippen molar-refractivity contribution < 1.29 is 0 Å². The second kappa shape index (κ2) is 5.25. The van der Waals surface area contributed by atoms with Gasteiger partial charge < -0.3 is 10.3 Å². The smallest absolute Gasteiger partial charge is 0.332 e. The molecule has 0 bridgehead atoms. The number of imidazole rings is 1. The third-order valence-corrected chi connectivity index (χ3v) is 3.18. The van der Waals surface area contributed by atoms with E-state index in [1.165, 1.54) is 11.6 Å². The van der Waals surface area contributed by atoms with Crippen LogP contribution >= 0.6 is 0 Å². The number of fused-ring (bicyclic) bond motifs is 1. The molecule has 7 heteroatoms.